The topological polar surface area (TPSA) is 72.5 Å². The Bertz CT molecular complexity index is 784. The van der Waals surface area contributed by atoms with Crippen molar-refractivity contribution in [2.45, 2.75) is 5.75 Å². The number of nitrogens with one attached hydrogen (secondary N) is 1. The molecule has 0 aliphatic rings. The summed E-state index contributed by atoms with van der Waals surface area (Å²) in [6.07, 6.45) is 1.16. The minimum absolute atomic E-state index is 0.0945. The van der Waals surface area contributed by atoms with Crippen molar-refractivity contribution in [3.8, 4) is 5.75 Å². The molecule has 0 saturated heterocycles. The Morgan fingerprint density at radius 3 is 2.55 bits per heavy atom. The van der Waals surface area contributed by atoms with Crippen LogP contribution in [0.5, 0.6) is 5.75 Å². The number of carbonyl (C=O) groups is 1. The second kappa shape index (κ2) is 6.62. The van der Waals surface area contributed by atoms with Gasteiger partial charge in [-0.2, -0.15) is 0 Å². The van der Waals surface area contributed by atoms with E-state index in [0.717, 1.165) is 6.26 Å². The highest BCUT2D eigenvalue weighted by molar-refractivity contribution is 7.89. The number of benzene rings is 2. The highest BCUT2D eigenvalue weighted by Gasteiger charge is 2.11. The minimum atomic E-state index is -3.14. The van der Waals surface area contributed by atoms with Crippen LogP contribution in [-0.2, 0) is 15.6 Å². The van der Waals surface area contributed by atoms with Gasteiger partial charge in [-0.15, -0.1) is 0 Å². The number of amides is 1. The van der Waals surface area contributed by atoms with Crippen LogP contribution >= 0.6 is 0 Å². The maximum Gasteiger partial charge on any atom is 0.255 e. The van der Waals surface area contributed by atoms with Gasteiger partial charge in [-0.25, -0.2) is 8.42 Å². The first-order valence-corrected chi connectivity index (χ1v) is 8.66. The number of hydrogen-bond acceptors (Lipinski definition) is 4. The fourth-order valence-electron chi connectivity index (χ4n) is 2.05. The molecule has 0 fully saturated rings. The van der Waals surface area contributed by atoms with E-state index in [1.54, 1.807) is 48.5 Å². The summed E-state index contributed by atoms with van der Waals surface area (Å²) in [5.41, 5.74) is 1.53. The quantitative estimate of drug-likeness (QED) is 0.919. The summed E-state index contributed by atoms with van der Waals surface area (Å²) in [5.74, 6) is 0.144. The van der Waals surface area contributed by atoms with Crippen LogP contribution in [0, 0.1) is 0 Å². The number of carbonyl (C=O) groups excluding carboxylic acids is 1. The molecule has 1 N–H and O–H groups in total. The van der Waals surface area contributed by atoms with Crippen LogP contribution < -0.4 is 10.1 Å². The van der Waals surface area contributed by atoms with E-state index in [-0.39, 0.29) is 11.7 Å². The van der Waals surface area contributed by atoms with Gasteiger partial charge in [0, 0.05) is 11.8 Å². The average Bonchev–Trinajstić information content (AvgIpc) is 2.46. The third-order valence-electron chi connectivity index (χ3n) is 2.97. The van der Waals surface area contributed by atoms with Crippen molar-refractivity contribution >= 4 is 21.4 Å². The molecule has 2 aromatic rings. The lowest BCUT2D eigenvalue weighted by Gasteiger charge is -2.10. The maximum atomic E-state index is 12.3. The molecule has 0 aromatic heterocycles. The van der Waals surface area contributed by atoms with E-state index >= 15 is 0 Å². The van der Waals surface area contributed by atoms with Crippen LogP contribution in [0.15, 0.2) is 48.5 Å². The summed E-state index contributed by atoms with van der Waals surface area (Å²) in [5, 5.41) is 2.75. The molecule has 0 aliphatic carbocycles. The predicted molar refractivity (Wildman–Crippen MR) is 85.9 cm³/mol. The Labute approximate surface area is 129 Å². The van der Waals surface area contributed by atoms with E-state index in [2.05, 4.69) is 5.32 Å². The molecule has 0 radical (unpaired) electrons. The van der Waals surface area contributed by atoms with E-state index in [9.17, 15) is 13.2 Å². The van der Waals surface area contributed by atoms with Gasteiger partial charge in [0.2, 0.25) is 0 Å². The van der Waals surface area contributed by atoms with Crippen LogP contribution in [0.3, 0.4) is 0 Å². The lowest BCUT2D eigenvalue weighted by molar-refractivity contribution is 0.102. The first-order chi connectivity index (χ1) is 10.4. The second-order valence-electron chi connectivity index (χ2n) is 4.92. The van der Waals surface area contributed by atoms with Crippen molar-refractivity contribution in [1.82, 2.24) is 0 Å². The molecule has 22 heavy (non-hydrogen) atoms. The predicted octanol–water partition coefficient (Wildman–Crippen LogP) is 2.49. The van der Waals surface area contributed by atoms with Crippen molar-refractivity contribution in [1.29, 1.82) is 0 Å². The lowest BCUT2D eigenvalue weighted by atomic mass is 10.1. The van der Waals surface area contributed by atoms with E-state index in [1.165, 1.54) is 7.11 Å². The van der Waals surface area contributed by atoms with Gasteiger partial charge in [-0.3, -0.25) is 4.79 Å². The lowest BCUT2D eigenvalue weighted by Crippen LogP contribution is -2.13. The highest BCUT2D eigenvalue weighted by Crippen LogP contribution is 2.23. The average molecular weight is 319 g/mol. The molecule has 0 unspecified atom stereocenters. The molecule has 0 bridgehead atoms. The number of hydrogen-bond donors (Lipinski definition) is 1. The van der Waals surface area contributed by atoms with E-state index in [1.807, 2.05) is 0 Å². The highest BCUT2D eigenvalue weighted by atomic mass is 32.2. The Morgan fingerprint density at radius 2 is 1.86 bits per heavy atom. The first-order valence-electron chi connectivity index (χ1n) is 6.60. The Hall–Kier alpha value is -2.34. The zero-order valence-electron chi connectivity index (χ0n) is 12.4. The maximum absolute atomic E-state index is 12.3. The molecule has 116 valence electrons. The van der Waals surface area contributed by atoms with E-state index in [4.69, 9.17) is 4.74 Å². The van der Waals surface area contributed by atoms with Gasteiger partial charge in [0.15, 0.2) is 9.84 Å². The number of rotatable bonds is 5. The van der Waals surface area contributed by atoms with Crippen molar-refractivity contribution in [2.75, 3.05) is 18.7 Å². The Morgan fingerprint density at radius 1 is 1.14 bits per heavy atom. The summed E-state index contributed by atoms with van der Waals surface area (Å²) in [4.78, 5) is 12.3. The summed E-state index contributed by atoms with van der Waals surface area (Å²) < 4.78 is 27.9. The van der Waals surface area contributed by atoms with Crippen LogP contribution in [0.1, 0.15) is 15.9 Å². The standard InChI is InChI=1S/C16H17NO4S/c1-21-15-9-4-3-8-14(15)17-16(18)13-7-5-6-12(10-13)11-22(2,19)20/h3-10H,11H2,1-2H3,(H,17,18). The molecule has 0 atom stereocenters. The SMILES string of the molecule is COc1ccccc1NC(=O)c1cccc(CS(C)(=O)=O)c1. The number of para-hydroxylation sites is 2. The zero-order valence-corrected chi connectivity index (χ0v) is 13.2. The number of ether oxygens (including phenoxy) is 1. The molecule has 6 heteroatoms. The second-order valence-corrected chi connectivity index (χ2v) is 7.07. The molecule has 0 aliphatic heterocycles. The minimum Gasteiger partial charge on any atom is -0.495 e. The Balaban J connectivity index is 2.21. The first kappa shape index (κ1) is 16.0. The summed E-state index contributed by atoms with van der Waals surface area (Å²) >= 11 is 0. The van der Waals surface area contributed by atoms with Gasteiger partial charge in [0.25, 0.3) is 5.91 Å². The number of sulfone groups is 1. The largest absolute Gasteiger partial charge is 0.495 e. The molecule has 0 spiro atoms. The molecule has 2 aromatic carbocycles. The fourth-order valence-corrected chi connectivity index (χ4v) is 2.83. The van der Waals surface area contributed by atoms with Crippen molar-refractivity contribution < 1.29 is 17.9 Å². The zero-order chi connectivity index (χ0) is 16.2. The normalized spacial score (nSPS) is 11.0. The molecular weight excluding hydrogens is 302 g/mol. The van der Waals surface area contributed by atoms with Crippen molar-refractivity contribution in [3.05, 3.63) is 59.7 Å². The van der Waals surface area contributed by atoms with Gasteiger partial charge >= 0.3 is 0 Å². The van der Waals surface area contributed by atoms with Crippen LogP contribution in [0.4, 0.5) is 5.69 Å². The number of anilines is 1. The van der Waals surface area contributed by atoms with Crippen LogP contribution in [0.2, 0.25) is 0 Å². The van der Waals surface area contributed by atoms with E-state index in [0.29, 0.717) is 22.6 Å². The smallest absolute Gasteiger partial charge is 0.255 e. The molecule has 0 heterocycles. The van der Waals surface area contributed by atoms with Crippen molar-refractivity contribution in [2.24, 2.45) is 0 Å². The summed E-state index contributed by atoms with van der Waals surface area (Å²) in [7, 11) is -1.62. The van der Waals surface area contributed by atoms with Crippen LogP contribution in [0.25, 0.3) is 0 Å². The molecule has 1 amide bonds. The molecule has 5 nitrogen and oxygen atoms in total. The summed E-state index contributed by atoms with van der Waals surface area (Å²) in [6, 6.07) is 13.6. The van der Waals surface area contributed by atoms with Crippen LogP contribution in [-0.4, -0.2) is 27.7 Å². The fraction of sp³-hybridized carbons (Fsp3) is 0.188. The Kier molecular flexibility index (Phi) is 4.82. The third-order valence-corrected chi connectivity index (χ3v) is 3.83. The molecule has 0 saturated carbocycles. The number of methoxy groups -OCH3 is 1. The van der Waals surface area contributed by atoms with Crippen molar-refractivity contribution in [3.63, 3.8) is 0 Å². The van der Waals surface area contributed by atoms with Gasteiger partial charge < -0.3 is 10.1 Å². The van der Waals surface area contributed by atoms with E-state index < -0.39 is 9.84 Å². The molecular formula is C16H17NO4S. The van der Waals surface area contributed by atoms with Gasteiger partial charge in [-0.05, 0) is 29.8 Å². The van der Waals surface area contributed by atoms with Gasteiger partial charge in [0.1, 0.15) is 5.75 Å². The van der Waals surface area contributed by atoms with Gasteiger partial charge in [-0.1, -0.05) is 24.3 Å². The third kappa shape index (κ3) is 4.33. The van der Waals surface area contributed by atoms with Gasteiger partial charge in [0.05, 0.1) is 18.6 Å². The monoisotopic (exact) mass is 319 g/mol. The summed E-state index contributed by atoms with van der Waals surface area (Å²) in [6.45, 7) is 0. The molecule has 2 rings (SSSR count).